The molecule has 3 heterocycles. The van der Waals surface area contributed by atoms with Crippen LogP contribution < -0.4 is 0 Å². The molecule has 30 heavy (non-hydrogen) atoms. The number of nitrogens with zero attached hydrogens (tertiary/aromatic N) is 5. The lowest BCUT2D eigenvalue weighted by Gasteiger charge is -2.35. The molecule has 158 valence electrons. The van der Waals surface area contributed by atoms with Crippen molar-refractivity contribution in [2.75, 3.05) is 13.7 Å². The lowest BCUT2D eigenvalue weighted by molar-refractivity contribution is 0.144. The Morgan fingerprint density at radius 2 is 2.03 bits per heavy atom. The number of nitrogens with one attached hydrogen (secondary N) is 1. The van der Waals surface area contributed by atoms with Crippen LogP contribution in [0.5, 0.6) is 0 Å². The van der Waals surface area contributed by atoms with Crippen LogP contribution in [-0.2, 0) is 23.0 Å². The molecule has 1 aliphatic carbocycles. The fraction of sp³-hybridized carbons (Fsp3) is 0.522. The molecule has 0 saturated carbocycles. The van der Waals surface area contributed by atoms with Gasteiger partial charge in [0, 0.05) is 30.1 Å². The molecule has 0 bridgehead atoms. The molecule has 0 amide bonds. The number of pyridine rings is 2. The van der Waals surface area contributed by atoms with Gasteiger partial charge in [-0.2, -0.15) is 5.21 Å². The number of aromatic nitrogens is 6. The van der Waals surface area contributed by atoms with Crippen molar-refractivity contribution in [3.63, 3.8) is 0 Å². The van der Waals surface area contributed by atoms with Crippen LogP contribution in [-0.4, -0.2) is 44.3 Å². The third-order valence-corrected chi connectivity index (χ3v) is 5.98. The molecule has 0 unspecified atom stereocenters. The SMILES string of the molecule is COCC(C)(C)c1nc2c(c(-c3ccnc(C)c3)c1-c1nn[nH]n1)CC(C)(C)CC2. The van der Waals surface area contributed by atoms with Gasteiger partial charge in [0.2, 0.25) is 5.82 Å². The van der Waals surface area contributed by atoms with E-state index >= 15 is 0 Å². The smallest absolute Gasteiger partial charge is 0.207 e. The summed E-state index contributed by atoms with van der Waals surface area (Å²) in [5, 5.41) is 15.2. The maximum atomic E-state index is 5.56. The van der Waals surface area contributed by atoms with Gasteiger partial charge in [0.1, 0.15) is 0 Å². The van der Waals surface area contributed by atoms with Crippen molar-refractivity contribution in [3.05, 3.63) is 41.0 Å². The highest BCUT2D eigenvalue weighted by Crippen LogP contribution is 2.46. The van der Waals surface area contributed by atoms with Gasteiger partial charge in [0.25, 0.3) is 0 Å². The highest BCUT2D eigenvalue weighted by molar-refractivity contribution is 5.86. The van der Waals surface area contributed by atoms with E-state index in [-0.39, 0.29) is 10.8 Å². The van der Waals surface area contributed by atoms with E-state index in [1.54, 1.807) is 7.11 Å². The lowest BCUT2D eigenvalue weighted by atomic mass is 9.72. The van der Waals surface area contributed by atoms with Crippen LogP contribution in [0, 0.1) is 12.3 Å². The highest BCUT2D eigenvalue weighted by Gasteiger charge is 2.36. The molecule has 7 nitrogen and oxygen atoms in total. The molecule has 0 radical (unpaired) electrons. The molecular weight excluding hydrogens is 376 g/mol. The van der Waals surface area contributed by atoms with E-state index in [4.69, 9.17) is 9.72 Å². The van der Waals surface area contributed by atoms with Crippen molar-refractivity contribution in [1.29, 1.82) is 0 Å². The summed E-state index contributed by atoms with van der Waals surface area (Å²) in [5.41, 5.74) is 7.49. The number of rotatable bonds is 5. The number of hydrogen-bond donors (Lipinski definition) is 1. The Morgan fingerprint density at radius 1 is 1.23 bits per heavy atom. The predicted molar refractivity (Wildman–Crippen MR) is 116 cm³/mol. The van der Waals surface area contributed by atoms with Gasteiger partial charge in [-0.3, -0.25) is 9.97 Å². The molecule has 0 atom stereocenters. The summed E-state index contributed by atoms with van der Waals surface area (Å²) < 4.78 is 5.56. The van der Waals surface area contributed by atoms with Gasteiger partial charge < -0.3 is 4.74 Å². The molecule has 0 spiro atoms. The van der Waals surface area contributed by atoms with Gasteiger partial charge in [-0.25, -0.2) is 0 Å². The Labute approximate surface area is 177 Å². The Kier molecular flexibility index (Phi) is 5.18. The van der Waals surface area contributed by atoms with Crippen LogP contribution in [0.25, 0.3) is 22.5 Å². The van der Waals surface area contributed by atoms with Crippen LogP contribution in [0.4, 0.5) is 0 Å². The second-order valence-electron chi connectivity index (χ2n) is 9.71. The van der Waals surface area contributed by atoms with E-state index in [9.17, 15) is 0 Å². The van der Waals surface area contributed by atoms with Crippen LogP contribution in [0.2, 0.25) is 0 Å². The zero-order chi connectivity index (χ0) is 21.5. The first-order valence-electron chi connectivity index (χ1n) is 10.4. The Morgan fingerprint density at radius 3 is 2.70 bits per heavy atom. The van der Waals surface area contributed by atoms with Crippen LogP contribution in [0.15, 0.2) is 18.3 Å². The van der Waals surface area contributed by atoms with Crippen LogP contribution in [0.1, 0.15) is 56.8 Å². The molecule has 0 saturated heterocycles. The number of ether oxygens (including phenoxy) is 1. The van der Waals surface area contributed by atoms with E-state index in [1.807, 2.05) is 13.1 Å². The van der Waals surface area contributed by atoms with Crippen LogP contribution >= 0.6 is 0 Å². The molecule has 3 aromatic heterocycles. The van der Waals surface area contributed by atoms with Crippen molar-refractivity contribution in [3.8, 4) is 22.5 Å². The Balaban J connectivity index is 2.11. The van der Waals surface area contributed by atoms with Crippen molar-refractivity contribution >= 4 is 0 Å². The molecule has 7 heteroatoms. The zero-order valence-electron chi connectivity index (χ0n) is 18.7. The standard InChI is InChI=1S/C23H30N6O/c1-14-11-15(8-10-24-14)18-16-12-22(2,3)9-7-17(16)25-20(23(4,5)13-30-6)19(18)21-26-28-29-27-21/h8,10-11H,7,9,12-13H2,1-6H3,(H,26,27,28,29). The van der Waals surface area contributed by atoms with Gasteiger partial charge in [-0.15, -0.1) is 10.2 Å². The van der Waals surface area contributed by atoms with Gasteiger partial charge in [-0.1, -0.05) is 27.7 Å². The van der Waals surface area contributed by atoms with Gasteiger partial charge in [0.05, 0.1) is 17.9 Å². The minimum absolute atomic E-state index is 0.212. The summed E-state index contributed by atoms with van der Waals surface area (Å²) in [4.78, 5) is 9.63. The van der Waals surface area contributed by atoms with E-state index in [1.165, 1.54) is 11.3 Å². The van der Waals surface area contributed by atoms with Crippen molar-refractivity contribution in [2.45, 2.75) is 59.3 Å². The Hall–Kier alpha value is -2.67. The van der Waals surface area contributed by atoms with Gasteiger partial charge in [-0.05, 0) is 65.6 Å². The maximum absolute atomic E-state index is 5.56. The average Bonchev–Trinajstić information content (AvgIpc) is 3.20. The minimum atomic E-state index is -0.316. The number of aryl methyl sites for hydroxylation is 2. The maximum Gasteiger partial charge on any atom is 0.207 e. The van der Waals surface area contributed by atoms with Crippen molar-refractivity contribution in [1.82, 2.24) is 30.6 Å². The summed E-state index contributed by atoms with van der Waals surface area (Å²) in [6.45, 7) is 11.5. The van der Waals surface area contributed by atoms with Gasteiger partial charge in [0.15, 0.2) is 0 Å². The molecule has 0 fully saturated rings. The summed E-state index contributed by atoms with van der Waals surface area (Å²) >= 11 is 0. The number of tetrazole rings is 1. The fourth-order valence-corrected chi connectivity index (χ4v) is 4.52. The molecule has 1 aliphatic rings. The van der Waals surface area contributed by atoms with E-state index in [2.05, 4.69) is 65.4 Å². The normalized spacial score (nSPS) is 15.8. The van der Waals surface area contributed by atoms with E-state index in [0.29, 0.717) is 12.4 Å². The van der Waals surface area contributed by atoms with E-state index < -0.39 is 0 Å². The number of H-pyrrole nitrogens is 1. The van der Waals surface area contributed by atoms with E-state index in [0.717, 1.165) is 47.3 Å². The summed E-state index contributed by atoms with van der Waals surface area (Å²) in [6.07, 6.45) is 4.91. The molecule has 0 aromatic carbocycles. The second-order valence-corrected chi connectivity index (χ2v) is 9.71. The lowest BCUT2D eigenvalue weighted by Crippen LogP contribution is -2.30. The highest BCUT2D eigenvalue weighted by atomic mass is 16.5. The van der Waals surface area contributed by atoms with Crippen LogP contribution in [0.3, 0.4) is 0 Å². The van der Waals surface area contributed by atoms with Crippen molar-refractivity contribution < 1.29 is 4.74 Å². The first-order chi connectivity index (χ1) is 14.2. The molecule has 1 N–H and O–H groups in total. The summed E-state index contributed by atoms with van der Waals surface area (Å²) in [6, 6.07) is 4.20. The second kappa shape index (κ2) is 7.54. The minimum Gasteiger partial charge on any atom is -0.384 e. The van der Waals surface area contributed by atoms with Gasteiger partial charge >= 0.3 is 0 Å². The largest absolute Gasteiger partial charge is 0.384 e. The third kappa shape index (κ3) is 3.74. The molecule has 4 rings (SSSR count). The fourth-order valence-electron chi connectivity index (χ4n) is 4.52. The third-order valence-electron chi connectivity index (χ3n) is 5.98. The monoisotopic (exact) mass is 406 g/mol. The first kappa shape index (κ1) is 20.6. The molecule has 3 aromatic rings. The Bertz CT molecular complexity index is 1060. The number of fused-ring (bicyclic) bond motifs is 1. The first-order valence-corrected chi connectivity index (χ1v) is 10.4. The van der Waals surface area contributed by atoms with Crippen molar-refractivity contribution in [2.24, 2.45) is 5.41 Å². The summed E-state index contributed by atoms with van der Waals surface area (Å²) in [5.74, 6) is 0.567. The summed E-state index contributed by atoms with van der Waals surface area (Å²) in [7, 11) is 1.73. The zero-order valence-corrected chi connectivity index (χ0v) is 18.7. The molecule has 0 aliphatic heterocycles. The number of hydrogen-bond acceptors (Lipinski definition) is 6. The quantitative estimate of drug-likeness (QED) is 0.687. The average molecular weight is 407 g/mol. The predicted octanol–water partition coefficient (Wildman–Crippen LogP) is 4.07. The number of methoxy groups -OCH3 is 1. The number of aromatic amines is 1. The topological polar surface area (TPSA) is 89.5 Å². The molecular formula is C23H30N6O.